The fraction of sp³-hybridized carbons (Fsp3) is 0.500. The number of rotatable bonds is 3. The van der Waals surface area contributed by atoms with Crippen molar-refractivity contribution in [2.75, 3.05) is 12.8 Å². The molecule has 0 N–H and O–H groups in total. The van der Waals surface area contributed by atoms with Crippen molar-refractivity contribution in [2.24, 2.45) is 0 Å². The van der Waals surface area contributed by atoms with Crippen LogP contribution in [-0.2, 0) is 26.0 Å². The highest BCUT2D eigenvalue weighted by Crippen LogP contribution is 2.28. The fourth-order valence-corrected chi connectivity index (χ4v) is 3.93. The van der Waals surface area contributed by atoms with E-state index in [-0.39, 0.29) is 22.8 Å². The Hall–Kier alpha value is -1.89. The first-order valence-electron chi connectivity index (χ1n) is 7.69. The van der Waals surface area contributed by atoms with Gasteiger partial charge in [0.15, 0.2) is 9.84 Å². The predicted molar refractivity (Wildman–Crippen MR) is 84.3 cm³/mol. The van der Waals surface area contributed by atoms with Gasteiger partial charge in [0.05, 0.1) is 4.90 Å². The van der Waals surface area contributed by atoms with Gasteiger partial charge >= 0.3 is 0 Å². The molecule has 0 bridgehead atoms. The van der Waals surface area contributed by atoms with Crippen molar-refractivity contribution in [3.63, 3.8) is 0 Å². The number of hydrogen-bond acceptors (Lipinski definition) is 4. The van der Waals surface area contributed by atoms with Crippen molar-refractivity contribution in [1.82, 2.24) is 9.80 Å². The summed E-state index contributed by atoms with van der Waals surface area (Å²) < 4.78 is 23.0. The molecule has 0 saturated carbocycles. The van der Waals surface area contributed by atoms with Crippen LogP contribution in [0.15, 0.2) is 29.2 Å². The van der Waals surface area contributed by atoms with Gasteiger partial charge < -0.3 is 9.80 Å². The molecule has 0 aromatic heterocycles. The number of carbonyl (C=O) groups excluding carboxylic acids is 2. The van der Waals surface area contributed by atoms with E-state index < -0.39 is 15.9 Å². The van der Waals surface area contributed by atoms with Crippen LogP contribution < -0.4 is 0 Å². The van der Waals surface area contributed by atoms with Crippen LogP contribution in [0.3, 0.4) is 0 Å². The lowest BCUT2D eigenvalue weighted by molar-refractivity contribution is -0.159. The Balaban J connectivity index is 1.81. The lowest BCUT2D eigenvalue weighted by Crippen LogP contribution is -2.61. The molecule has 2 aliphatic heterocycles. The average molecular weight is 336 g/mol. The lowest BCUT2D eigenvalue weighted by Gasteiger charge is -2.41. The Morgan fingerprint density at radius 3 is 2.39 bits per heavy atom. The van der Waals surface area contributed by atoms with Crippen molar-refractivity contribution in [1.29, 1.82) is 0 Å². The van der Waals surface area contributed by atoms with E-state index in [0.29, 0.717) is 13.1 Å². The van der Waals surface area contributed by atoms with Gasteiger partial charge in [0.25, 0.3) is 0 Å². The van der Waals surface area contributed by atoms with E-state index in [9.17, 15) is 18.0 Å². The van der Waals surface area contributed by atoms with Crippen LogP contribution in [0.4, 0.5) is 0 Å². The summed E-state index contributed by atoms with van der Waals surface area (Å²) in [6.45, 7) is 2.73. The van der Waals surface area contributed by atoms with Crippen molar-refractivity contribution in [2.45, 2.75) is 43.3 Å². The molecule has 0 radical (unpaired) electrons. The molecule has 0 aliphatic carbocycles. The number of nitrogens with zero attached hydrogens (tertiary/aromatic N) is 2. The van der Waals surface area contributed by atoms with Crippen molar-refractivity contribution >= 4 is 21.7 Å². The molecule has 2 heterocycles. The second kappa shape index (κ2) is 5.63. The third-order valence-corrected chi connectivity index (χ3v) is 5.76. The molecule has 7 heteroatoms. The Bertz CT molecular complexity index is 742. The minimum atomic E-state index is -3.24. The summed E-state index contributed by atoms with van der Waals surface area (Å²) in [6, 6.07) is 5.66. The molecular formula is C16H20N2O4S. The number of carbonyl (C=O) groups is 2. The summed E-state index contributed by atoms with van der Waals surface area (Å²) in [5, 5.41) is 0. The van der Waals surface area contributed by atoms with E-state index in [2.05, 4.69) is 0 Å². The summed E-state index contributed by atoms with van der Waals surface area (Å²) in [7, 11) is -3.24. The Labute approximate surface area is 136 Å². The number of hydrogen-bond donors (Lipinski definition) is 0. The Morgan fingerprint density at radius 1 is 1.13 bits per heavy atom. The molecular weight excluding hydrogens is 316 g/mol. The molecule has 124 valence electrons. The highest BCUT2D eigenvalue weighted by molar-refractivity contribution is 7.90. The molecule has 1 aromatic rings. The molecule has 23 heavy (non-hydrogen) atoms. The number of amides is 2. The van der Waals surface area contributed by atoms with Crippen LogP contribution in [0.1, 0.15) is 25.3 Å². The molecule has 2 amide bonds. The first-order valence-corrected chi connectivity index (χ1v) is 9.58. The quantitative estimate of drug-likeness (QED) is 0.819. The minimum absolute atomic E-state index is 0.000133. The van der Waals surface area contributed by atoms with Gasteiger partial charge in [-0.3, -0.25) is 9.59 Å². The SMILES string of the molecule is C[C@H]1C(=O)N2CCC[C@@H]2C(=O)N1Cc1ccc(S(C)(=O)=O)cc1. The van der Waals surface area contributed by atoms with Crippen molar-refractivity contribution in [3.8, 4) is 0 Å². The number of piperazine rings is 1. The van der Waals surface area contributed by atoms with E-state index in [1.807, 2.05) is 0 Å². The van der Waals surface area contributed by atoms with E-state index in [0.717, 1.165) is 24.7 Å². The first-order chi connectivity index (χ1) is 10.8. The molecule has 1 aromatic carbocycles. The molecule has 2 atom stereocenters. The Kier molecular flexibility index (Phi) is 3.91. The summed E-state index contributed by atoms with van der Waals surface area (Å²) in [5.74, 6) is -0.0124. The number of benzene rings is 1. The van der Waals surface area contributed by atoms with Crippen LogP contribution in [0.5, 0.6) is 0 Å². The molecule has 6 nitrogen and oxygen atoms in total. The highest BCUT2D eigenvalue weighted by Gasteiger charge is 2.45. The number of sulfone groups is 1. The highest BCUT2D eigenvalue weighted by atomic mass is 32.2. The second-order valence-electron chi connectivity index (χ2n) is 6.25. The normalized spacial score (nSPS) is 25.0. The zero-order valence-electron chi connectivity index (χ0n) is 13.2. The second-order valence-corrected chi connectivity index (χ2v) is 8.26. The van der Waals surface area contributed by atoms with Gasteiger partial charge in [0.1, 0.15) is 12.1 Å². The zero-order valence-corrected chi connectivity index (χ0v) is 14.0. The topological polar surface area (TPSA) is 74.8 Å². The van der Waals surface area contributed by atoms with Crippen LogP contribution in [-0.4, -0.2) is 54.9 Å². The van der Waals surface area contributed by atoms with E-state index in [4.69, 9.17) is 0 Å². The standard InChI is InChI=1S/C16H20N2O4S/c1-11-15(19)17-9-3-4-14(17)16(20)18(11)10-12-5-7-13(8-6-12)23(2,21)22/h5-8,11,14H,3-4,9-10H2,1-2H3/t11-,14+/m0/s1. The maximum atomic E-state index is 12.6. The number of fused-ring (bicyclic) bond motifs is 1. The summed E-state index contributed by atoms with van der Waals surface area (Å²) in [4.78, 5) is 28.6. The molecule has 2 aliphatic rings. The molecule has 2 fully saturated rings. The van der Waals surface area contributed by atoms with E-state index in [1.54, 1.807) is 28.9 Å². The Morgan fingerprint density at radius 2 is 1.78 bits per heavy atom. The molecule has 3 rings (SSSR count). The molecule has 0 spiro atoms. The third kappa shape index (κ3) is 2.85. The van der Waals surface area contributed by atoms with Gasteiger partial charge in [-0.1, -0.05) is 12.1 Å². The van der Waals surface area contributed by atoms with Crippen molar-refractivity contribution in [3.05, 3.63) is 29.8 Å². The van der Waals surface area contributed by atoms with Gasteiger partial charge in [-0.25, -0.2) is 8.42 Å². The van der Waals surface area contributed by atoms with Crippen LogP contribution in [0.2, 0.25) is 0 Å². The molecule has 2 saturated heterocycles. The van der Waals surface area contributed by atoms with Gasteiger partial charge in [-0.05, 0) is 37.5 Å². The predicted octanol–water partition coefficient (Wildman–Crippen LogP) is 0.812. The van der Waals surface area contributed by atoms with E-state index >= 15 is 0 Å². The van der Waals surface area contributed by atoms with Gasteiger partial charge in [-0.15, -0.1) is 0 Å². The van der Waals surface area contributed by atoms with Crippen molar-refractivity contribution < 1.29 is 18.0 Å². The maximum Gasteiger partial charge on any atom is 0.246 e. The average Bonchev–Trinajstić information content (AvgIpc) is 2.99. The summed E-state index contributed by atoms with van der Waals surface area (Å²) >= 11 is 0. The molecule has 0 unspecified atom stereocenters. The first kappa shape index (κ1) is 16.0. The zero-order chi connectivity index (χ0) is 16.8. The minimum Gasteiger partial charge on any atom is -0.329 e. The summed E-state index contributed by atoms with van der Waals surface area (Å²) in [6.07, 6.45) is 2.75. The van der Waals surface area contributed by atoms with Crippen LogP contribution in [0, 0.1) is 0 Å². The smallest absolute Gasteiger partial charge is 0.246 e. The van der Waals surface area contributed by atoms with Gasteiger partial charge in [-0.2, -0.15) is 0 Å². The van der Waals surface area contributed by atoms with E-state index in [1.165, 1.54) is 12.1 Å². The van der Waals surface area contributed by atoms with Crippen LogP contribution >= 0.6 is 0 Å². The van der Waals surface area contributed by atoms with Crippen LogP contribution in [0.25, 0.3) is 0 Å². The monoisotopic (exact) mass is 336 g/mol. The summed E-state index contributed by atoms with van der Waals surface area (Å²) in [5.41, 5.74) is 0.817. The van der Waals surface area contributed by atoms with Gasteiger partial charge in [0, 0.05) is 19.3 Å². The largest absolute Gasteiger partial charge is 0.329 e. The van der Waals surface area contributed by atoms with Gasteiger partial charge in [0.2, 0.25) is 11.8 Å². The maximum absolute atomic E-state index is 12.6. The lowest BCUT2D eigenvalue weighted by atomic mass is 10.0. The third-order valence-electron chi connectivity index (χ3n) is 4.63. The fourth-order valence-electron chi connectivity index (χ4n) is 3.30.